The summed E-state index contributed by atoms with van der Waals surface area (Å²) in [6, 6.07) is 19.3. The first-order valence-corrected chi connectivity index (χ1v) is 9.86. The molecule has 0 saturated carbocycles. The highest BCUT2D eigenvalue weighted by Gasteiger charge is 2.11. The number of nitrogens with one attached hydrogen (secondary N) is 1. The Morgan fingerprint density at radius 2 is 1.82 bits per heavy atom. The molecule has 2 N–H and O–H groups in total. The van der Waals surface area contributed by atoms with Gasteiger partial charge in [0.1, 0.15) is 17.9 Å². The number of aromatic nitrogens is 3. The van der Waals surface area contributed by atoms with E-state index in [-0.39, 0.29) is 5.75 Å². The summed E-state index contributed by atoms with van der Waals surface area (Å²) in [7, 11) is 0. The fourth-order valence-electron chi connectivity index (χ4n) is 2.84. The van der Waals surface area contributed by atoms with E-state index in [4.69, 9.17) is 0 Å². The van der Waals surface area contributed by atoms with Crippen molar-refractivity contribution in [2.45, 2.75) is 29.6 Å². The largest absolute Gasteiger partial charge is 0.508 e. The summed E-state index contributed by atoms with van der Waals surface area (Å²) >= 11 is 1.58. The zero-order valence-corrected chi connectivity index (χ0v) is 16.4. The molecule has 0 aliphatic rings. The zero-order chi connectivity index (χ0) is 19.5. The molecule has 6 heteroatoms. The molecule has 0 aliphatic heterocycles. The third kappa shape index (κ3) is 3.92. The first-order chi connectivity index (χ1) is 13.6. The monoisotopic (exact) mass is 388 g/mol. The SMILES string of the molecule is CC(C)c1ccc2c(Nc3ccccc3Sc3cccc(O)c3)ncnc2n1. The van der Waals surface area contributed by atoms with Crippen molar-refractivity contribution < 1.29 is 5.11 Å². The number of phenols is 1. The molecule has 0 saturated heterocycles. The van der Waals surface area contributed by atoms with Crippen molar-refractivity contribution in [3.8, 4) is 5.75 Å². The Kier molecular flexibility index (Phi) is 5.12. The number of fused-ring (bicyclic) bond motifs is 1. The van der Waals surface area contributed by atoms with Gasteiger partial charge in [0.15, 0.2) is 5.65 Å². The summed E-state index contributed by atoms with van der Waals surface area (Å²) in [6.07, 6.45) is 1.53. The van der Waals surface area contributed by atoms with Gasteiger partial charge in [-0.05, 0) is 48.4 Å². The second kappa shape index (κ2) is 7.86. The van der Waals surface area contributed by atoms with E-state index >= 15 is 0 Å². The molecule has 0 amide bonds. The first-order valence-electron chi connectivity index (χ1n) is 9.05. The summed E-state index contributed by atoms with van der Waals surface area (Å²) in [5, 5.41) is 14.0. The van der Waals surface area contributed by atoms with Gasteiger partial charge >= 0.3 is 0 Å². The number of nitrogens with zero attached hydrogens (tertiary/aromatic N) is 3. The molecular weight excluding hydrogens is 368 g/mol. The van der Waals surface area contributed by atoms with E-state index in [0.29, 0.717) is 11.6 Å². The lowest BCUT2D eigenvalue weighted by atomic mass is 10.1. The lowest BCUT2D eigenvalue weighted by molar-refractivity contribution is 0.474. The van der Waals surface area contributed by atoms with E-state index in [1.54, 1.807) is 23.9 Å². The van der Waals surface area contributed by atoms with E-state index in [1.807, 2.05) is 48.5 Å². The number of para-hydroxylation sites is 1. The molecule has 4 rings (SSSR count). The molecule has 0 radical (unpaired) electrons. The lowest BCUT2D eigenvalue weighted by Gasteiger charge is -2.13. The number of phenolic OH excluding ortho intramolecular Hbond substituents is 1. The minimum Gasteiger partial charge on any atom is -0.508 e. The van der Waals surface area contributed by atoms with E-state index in [9.17, 15) is 5.11 Å². The normalized spacial score (nSPS) is 11.1. The second-order valence-electron chi connectivity index (χ2n) is 6.70. The van der Waals surface area contributed by atoms with Crippen LogP contribution in [0, 0.1) is 0 Å². The van der Waals surface area contributed by atoms with Gasteiger partial charge in [0.2, 0.25) is 0 Å². The molecule has 2 heterocycles. The van der Waals surface area contributed by atoms with Gasteiger partial charge in [-0.2, -0.15) is 0 Å². The minimum atomic E-state index is 0.254. The van der Waals surface area contributed by atoms with Gasteiger partial charge in [-0.3, -0.25) is 0 Å². The summed E-state index contributed by atoms with van der Waals surface area (Å²) in [4.78, 5) is 15.4. The quantitative estimate of drug-likeness (QED) is 0.454. The molecule has 4 aromatic rings. The van der Waals surface area contributed by atoms with E-state index < -0.39 is 0 Å². The van der Waals surface area contributed by atoms with Crippen LogP contribution in [0.1, 0.15) is 25.5 Å². The lowest BCUT2D eigenvalue weighted by Crippen LogP contribution is -2.00. The van der Waals surface area contributed by atoms with Crippen LogP contribution in [0.2, 0.25) is 0 Å². The molecule has 0 bridgehead atoms. The average molecular weight is 388 g/mol. The van der Waals surface area contributed by atoms with Crippen LogP contribution >= 0.6 is 11.8 Å². The topological polar surface area (TPSA) is 70.9 Å². The van der Waals surface area contributed by atoms with E-state index in [0.717, 1.165) is 32.4 Å². The van der Waals surface area contributed by atoms with Crippen molar-refractivity contribution in [2.75, 3.05) is 5.32 Å². The maximum absolute atomic E-state index is 9.72. The van der Waals surface area contributed by atoms with Crippen LogP contribution in [-0.2, 0) is 0 Å². The van der Waals surface area contributed by atoms with Crippen LogP contribution < -0.4 is 5.32 Å². The Morgan fingerprint density at radius 1 is 0.964 bits per heavy atom. The van der Waals surface area contributed by atoms with Crippen LogP contribution in [0.3, 0.4) is 0 Å². The van der Waals surface area contributed by atoms with Gasteiger partial charge in [-0.1, -0.05) is 43.8 Å². The van der Waals surface area contributed by atoms with Gasteiger partial charge in [-0.25, -0.2) is 15.0 Å². The molecule has 0 atom stereocenters. The standard InChI is InChI=1S/C22H20N4OS/c1-14(2)18-11-10-17-21(25-18)23-13-24-22(17)26-19-8-3-4-9-20(19)28-16-7-5-6-15(27)12-16/h3-14,27H,1-2H3,(H,23,24,25,26). The smallest absolute Gasteiger partial charge is 0.164 e. The molecule has 28 heavy (non-hydrogen) atoms. The maximum Gasteiger partial charge on any atom is 0.164 e. The van der Waals surface area contributed by atoms with Crippen LogP contribution in [-0.4, -0.2) is 20.1 Å². The van der Waals surface area contributed by atoms with Crippen molar-refractivity contribution >= 4 is 34.3 Å². The van der Waals surface area contributed by atoms with Gasteiger partial charge in [0.05, 0.1) is 11.1 Å². The molecule has 0 spiro atoms. The highest BCUT2D eigenvalue weighted by molar-refractivity contribution is 7.99. The molecule has 0 unspecified atom stereocenters. The van der Waals surface area contributed by atoms with E-state index in [2.05, 4.69) is 34.1 Å². The Balaban J connectivity index is 1.68. The van der Waals surface area contributed by atoms with Crippen molar-refractivity contribution in [3.05, 3.63) is 72.7 Å². The molecular formula is C22H20N4OS. The summed E-state index contributed by atoms with van der Waals surface area (Å²) < 4.78 is 0. The van der Waals surface area contributed by atoms with Gasteiger partial charge < -0.3 is 10.4 Å². The molecule has 2 aromatic carbocycles. The Bertz CT molecular complexity index is 1130. The third-order valence-electron chi connectivity index (χ3n) is 4.30. The minimum absolute atomic E-state index is 0.254. The highest BCUT2D eigenvalue weighted by atomic mass is 32.2. The van der Waals surface area contributed by atoms with Crippen LogP contribution in [0.5, 0.6) is 5.75 Å². The third-order valence-corrected chi connectivity index (χ3v) is 5.36. The van der Waals surface area contributed by atoms with Crippen LogP contribution in [0.15, 0.2) is 76.8 Å². The number of pyridine rings is 1. The molecule has 5 nitrogen and oxygen atoms in total. The number of rotatable bonds is 5. The maximum atomic E-state index is 9.72. The Hall–Kier alpha value is -3.12. The number of anilines is 2. The predicted molar refractivity (Wildman–Crippen MR) is 113 cm³/mol. The summed E-state index contributed by atoms with van der Waals surface area (Å²) in [6.45, 7) is 4.23. The van der Waals surface area contributed by atoms with E-state index in [1.165, 1.54) is 6.33 Å². The van der Waals surface area contributed by atoms with Crippen molar-refractivity contribution in [1.82, 2.24) is 15.0 Å². The Labute approximate surface area is 167 Å². The fraction of sp³-hybridized carbons (Fsp3) is 0.136. The summed E-state index contributed by atoms with van der Waals surface area (Å²) in [5.74, 6) is 1.32. The molecule has 140 valence electrons. The number of aromatic hydroxyl groups is 1. The second-order valence-corrected chi connectivity index (χ2v) is 7.82. The molecule has 0 fully saturated rings. The van der Waals surface area contributed by atoms with Crippen LogP contribution in [0.25, 0.3) is 11.0 Å². The first kappa shape index (κ1) is 18.3. The molecule has 0 aliphatic carbocycles. The zero-order valence-electron chi connectivity index (χ0n) is 15.6. The van der Waals surface area contributed by atoms with Crippen molar-refractivity contribution in [1.29, 1.82) is 0 Å². The van der Waals surface area contributed by atoms with Gasteiger partial charge in [0.25, 0.3) is 0 Å². The van der Waals surface area contributed by atoms with Crippen molar-refractivity contribution in [3.63, 3.8) is 0 Å². The number of hydrogen-bond donors (Lipinski definition) is 2. The predicted octanol–water partition coefficient (Wildman–Crippen LogP) is 5.75. The highest BCUT2D eigenvalue weighted by Crippen LogP contribution is 2.36. The number of benzene rings is 2. The molecule has 2 aromatic heterocycles. The van der Waals surface area contributed by atoms with Gasteiger partial charge in [-0.15, -0.1) is 0 Å². The number of hydrogen-bond acceptors (Lipinski definition) is 6. The van der Waals surface area contributed by atoms with Crippen LogP contribution in [0.4, 0.5) is 11.5 Å². The van der Waals surface area contributed by atoms with Crippen molar-refractivity contribution in [2.24, 2.45) is 0 Å². The average Bonchev–Trinajstić information content (AvgIpc) is 2.69. The summed E-state index contributed by atoms with van der Waals surface area (Å²) in [5.41, 5.74) is 2.63. The van der Waals surface area contributed by atoms with Gasteiger partial charge in [0, 0.05) is 15.5 Å². The Morgan fingerprint density at radius 3 is 2.64 bits per heavy atom. The fourth-order valence-corrected chi connectivity index (χ4v) is 3.79.